The summed E-state index contributed by atoms with van der Waals surface area (Å²) in [6.07, 6.45) is 2.36. The Morgan fingerprint density at radius 3 is 3.04 bits per heavy atom. The molecule has 1 aliphatic heterocycles. The third kappa shape index (κ3) is 5.35. The van der Waals surface area contributed by atoms with Crippen molar-refractivity contribution in [1.82, 2.24) is 10.2 Å². The number of benzene rings is 1. The van der Waals surface area contributed by atoms with E-state index < -0.39 is 11.6 Å². The van der Waals surface area contributed by atoms with Crippen LogP contribution >= 0.6 is 0 Å². The van der Waals surface area contributed by atoms with Gasteiger partial charge in [-0.05, 0) is 38.1 Å². The average molecular weight is 326 g/mol. The summed E-state index contributed by atoms with van der Waals surface area (Å²) in [7, 11) is 0. The molecule has 1 unspecified atom stereocenters. The average Bonchev–Trinajstić information content (AvgIpc) is 2.98. The molecule has 1 atom stereocenters. The summed E-state index contributed by atoms with van der Waals surface area (Å²) in [6, 6.07) is 3.68. The van der Waals surface area contributed by atoms with E-state index in [9.17, 15) is 8.78 Å². The number of nitrogens with one attached hydrogen (secondary N) is 1. The van der Waals surface area contributed by atoms with Crippen LogP contribution in [0.1, 0.15) is 19.8 Å². The molecule has 0 aliphatic carbocycles. The van der Waals surface area contributed by atoms with E-state index in [1.807, 2.05) is 0 Å². The first-order valence-corrected chi connectivity index (χ1v) is 7.96. The van der Waals surface area contributed by atoms with E-state index >= 15 is 0 Å². The zero-order valence-corrected chi connectivity index (χ0v) is 13.4. The highest BCUT2D eigenvalue weighted by atomic mass is 19.1. The molecule has 3 N–H and O–H groups in total. The summed E-state index contributed by atoms with van der Waals surface area (Å²) >= 11 is 0. The normalized spacial score (nSPS) is 19.1. The number of halogens is 2. The lowest BCUT2D eigenvalue weighted by molar-refractivity contribution is 0.273. The Labute approximate surface area is 135 Å². The van der Waals surface area contributed by atoms with Gasteiger partial charge in [0.1, 0.15) is 12.4 Å². The molecule has 0 radical (unpaired) electrons. The molecule has 1 heterocycles. The van der Waals surface area contributed by atoms with Gasteiger partial charge in [-0.1, -0.05) is 6.92 Å². The lowest BCUT2D eigenvalue weighted by Crippen LogP contribution is -2.37. The fourth-order valence-corrected chi connectivity index (χ4v) is 2.71. The Morgan fingerprint density at radius 1 is 1.48 bits per heavy atom. The topological polar surface area (TPSA) is 62.9 Å². The first kappa shape index (κ1) is 17.5. The molecule has 1 saturated heterocycles. The molecule has 7 heteroatoms. The number of rotatable bonds is 7. The number of hydrogen-bond acceptors (Lipinski definition) is 3. The molecule has 1 aromatic carbocycles. The molecule has 0 amide bonds. The minimum Gasteiger partial charge on any atom is -0.489 e. The van der Waals surface area contributed by atoms with Gasteiger partial charge in [0.2, 0.25) is 0 Å². The monoisotopic (exact) mass is 326 g/mol. The van der Waals surface area contributed by atoms with Gasteiger partial charge in [-0.15, -0.1) is 0 Å². The summed E-state index contributed by atoms with van der Waals surface area (Å²) < 4.78 is 31.4. The Bertz CT molecular complexity index is 539. The lowest BCUT2D eigenvalue weighted by atomic mass is 10.2. The van der Waals surface area contributed by atoms with Crippen LogP contribution in [-0.4, -0.2) is 49.7 Å². The molecular weight excluding hydrogens is 302 g/mol. The van der Waals surface area contributed by atoms with Crippen molar-refractivity contribution in [3.05, 3.63) is 29.8 Å². The highest BCUT2D eigenvalue weighted by molar-refractivity contribution is 5.77. The molecule has 1 fully saturated rings. The van der Waals surface area contributed by atoms with E-state index in [2.05, 4.69) is 22.1 Å². The molecule has 2 rings (SSSR count). The number of likely N-dealkylation sites (N-methyl/N-ethyl adjacent to an activating group) is 1. The summed E-state index contributed by atoms with van der Waals surface area (Å²) in [5.41, 5.74) is 5.81. The summed E-state index contributed by atoms with van der Waals surface area (Å²) in [5, 5.41) is 2.93. The van der Waals surface area contributed by atoms with Gasteiger partial charge in [-0.3, -0.25) is 9.89 Å². The number of aliphatic imine (C=N–C) groups is 1. The van der Waals surface area contributed by atoms with Crippen LogP contribution in [0.4, 0.5) is 8.78 Å². The van der Waals surface area contributed by atoms with Gasteiger partial charge >= 0.3 is 0 Å². The molecule has 1 aromatic rings. The number of ether oxygens (including phenoxy) is 1. The van der Waals surface area contributed by atoms with Crippen LogP contribution in [-0.2, 0) is 0 Å². The van der Waals surface area contributed by atoms with Crippen molar-refractivity contribution >= 4 is 5.96 Å². The van der Waals surface area contributed by atoms with Crippen LogP contribution in [0.5, 0.6) is 5.75 Å². The zero-order valence-electron chi connectivity index (χ0n) is 13.4. The van der Waals surface area contributed by atoms with Crippen molar-refractivity contribution in [2.24, 2.45) is 10.7 Å². The first-order chi connectivity index (χ1) is 11.1. The largest absolute Gasteiger partial charge is 0.489 e. The molecule has 5 nitrogen and oxygen atoms in total. The molecule has 0 aromatic heterocycles. The van der Waals surface area contributed by atoms with Gasteiger partial charge in [0, 0.05) is 12.1 Å². The van der Waals surface area contributed by atoms with Crippen LogP contribution in [0, 0.1) is 11.6 Å². The fourth-order valence-electron chi connectivity index (χ4n) is 2.71. The summed E-state index contributed by atoms with van der Waals surface area (Å²) in [4.78, 5) is 6.74. The quantitative estimate of drug-likeness (QED) is 0.455. The zero-order chi connectivity index (χ0) is 16.7. The maximum atomic E-state index is 13.4. The number of guanidine groups is 1. The fraction of sp³-hybridized carbons (Fsp3) is 0.562. The van der Waals surface area contributed by atoms with Crippen LogP contribution in [0.3, 0.4) is 0 Å². The van der Waals surface area contributed by atoms with Gasteiger partial charge in [0.05, 0.1) is 13.1 Å². The van der Waals surface area contributed by atoms with Gasteiger partial charge in [-0.2, -0.15) is 0 Å². The number of nitrogens with zero attached hydrogens (tertiary/aromatic N) is 2. The van der Waals surface area contributed by atoms with E-state index in [-0.39, 0.29) is 12.4 Å². The second-order valence-corrected chi connectivity index (χ2v) is 5.50. The predicted octanol–water partition coefficient (Wildman–Crippen LogP) is 1.73. The van der Waals surface area contributed by atoms with Crippen LogP contribution < -0.4 is 15.8 Å². The second kappa shape index (κ2) is 8.67. The molecule has 128 valence electrons. The van der Waals surface area contributed by atoms with Crippen molar-refractivity contribution in [2.45, 2.75) is 25.8 Å². The van der Waals surface area contributed by atoms with Gasteiger partial charge in [0.15, 0.2) is 17.5 Å². The Morgan fingerprint density at radius 2 is 2.30 bits per heavy atom. The molecular formula is C16H24F2N4O. The van der Waals surface area contributed by atoms with Gasteiger partial charge < -0.3 is 15.8 Å². The maximum Gasteiger partial charge on any atom is 0.188 e. The minimum absolute atomic E-state index is 0.0215. The van der Waals surface area contributed by atoms with Crippen LogP contribution in [0.25, 0.3) is 0 Å². The van der Waals surface area contributed by atoms with E-state index in [0.29, 0.717) is 25.1 Å². The van der Waals surface area contributed by atoms with E-state index in [1.165, 1.54) is 12.5 Å². The van der Waals surface area contributed by atoms with E-state index in [1.54, 1.807) is 0 Å². The molecule has 0 spiro atoms. The SMILES string of the molecule is CCN1CCCC1CN=C(N)NCCOc1ccc(F)cc1F. The Kier molecular flexibility index (Phi) is 6.58. The molecule has 0 bridgehead atoms. The second-order valence-electron chi connectivity index (χ2n) is 5.50. The van der Waals surface area contributed by atoms with Crippen molar-refractivity contribution in [2.75, 3.05) is 32.8 Å². The number of hydrogen-bond donors (Lipinski definition) is 2. The number of nitrogens with two attached hydrogens (primary N) is 1. The van der Waals surface area contributed by atoms with E-state index in [0.717, 1.165) is 31.6 Å². The minimum atomic E-state index is -0.715. The molecule has 0 saturated carbocycles. The number of likely N-dealkylation sites (tertiary alicyclic amines) is 1. The van der Waals surface area contributed by atoms with Gasteiger partial charge in [-0.25, -0.2) is 8.78 Å². The smallest absolute Gasteiger partial charge is 0.188 e. The Balaban J connectivity index is 1.68. The van der Waals surface area contributed by atoms with Crippen molar-refractivity contribution in [1.29, 1.82) is 0 Å². The summed E-state index contributed by atoms with van der Waals surface area (Å²) in [6.45, 7) is 5.60. The summed E-state index contributed by atoms with van der Waals surface area (Å²) in [5.74, 6) is -0.964. The lowest BCUT2D eigenvalue weighted by Gasteiger charge is -2.20. The maximum absolute atomic E-state index is 13.4. The molecule has 23 heavy (non-hydrogen) atoms. The highest BCUT2D eigenvalue weighted by Crippen LogP contribution is 2.17. The standard InChI is InChI=1S/C16H24F2N4O/c1-2-22-8-3-4-13(22)11-21-16(19)20-7-9-23-15-6-5-12(17)10-14(15)18/h5-6,10,13H,2-4,7-9,11H2,1H3,(H3,19,20,21). The van der Waals surface area contributed by atoms with Crippen molar-refractivity contribution < 1.29 is 13.5 Å². The van der Waals surface area contributed by atoms with Crippen molar-refractivity contribution in [3.63, 3.8) is 0 Å². The first-order valence-electron chi connectivity index (χ1n) is 7.96. The third-order valence-corrected chi connectivity index (χ3v) is 3.94. The van der Waals surface area contributed by atoms with Crippen molar-refractivity contribution in [3.8, 4) is 5.75 Å². The predicted molar refractivity (Wildman–Crippen MR) is 86.6 cm³/mol. The van der Waals surface area contributed by atoms with E-state index in [4.69, 9.17) is 10.5 Å². The molecule has 1 aliphatic rings. The Hall–Kier alpha value is -1.89. The highest BCUT2D eigenvalue weighted by Gasteiger charge is 2.22. The van der Waals surface area contributed by atoms with Crippen LogP contribution in [0.15, 0.2) is 23.2 Å². The third-order valence-electron chi connectivity index (χ3n) is 3.94. The van der Waals surface area contributed by atoms with Gasteiger partial charge in [0.25, 0.3) is 0 Å². The van der Waals surface area contributed by atoms with Crippen LogP contribution in [0.2, 0.25) is 0 Å².